The van der Waals surface area contributed by atoms with Gasteiger partial charge in [-0.1, -0.05) is 0 Å². The van der Waals surface area contributed by atoms with Crippen molar-refractivity contribution in [3.8, 4) is 10.0 Å². The second-order valence-corrected chi connectivity index (χ2v) is 7.24. The zero-order chi connectivity index (χ0) is 16.8. The van der Waals surface area contributed by atoms with Crippen LogP contribution in [0.4, 0.5) is 0 Å². The maximum Gasteiger partial charge on any atom is 0.357 e. The summed E-state index contributed by atoms with van der Waals surface area (Å²) < 4.78 is 15.0. The molecule has 0 saturated carbocycles. The summed E-state index contributed by atoms with van der Waals surface area (Å²) in [5.74, 6) is -1.03. The summed E-state index contributed by atoms with van der Waals surface area (Å²) in [6.07, 6.45) is -0.192. The van der Waals surface area contributed by atoms with Gasteiger partial charge in [0.2, 0.25) is 0 Å². The maximum atomic E-state index is 12.0. The second kappa shape index (κ2) is 5.66. The van der Waals surface area contributed by atoms with Crippen molar-refractivity contribution in [1.29, 1.82) is 0 Å². The molecule has 2 aromatic heterocycles. The third kappa shape index (κ3) is 2.87. The van der Waals surface area contributed by atoms with Crippen LogP contribution >= 0.6 is 22.7 Å². The van der Waals surface area contributed by atoms with Crippen LogP contribution in [0.3, 0.4) is 0 Å². The molecule has 1 fully saturated rings. The van der Waals surface area contributed by atoms with E-state index in [1.807, 2.05) is 13.8 Å². The molecule has 0 spiro atoms. The average Bonchev–Trinajstić information content (AvgIpc) is 2.96. The van der Waals surface area contributed by atoms with Crippen molar-refractivity contribution in [3.63, 3.8) is 0 Å². The summed E-state index contributed by atoms with van der Waals surface area (Å²) in [4.78, 5) is 32.7. The lowest BCUT2D eigenvalue weighted by Gasteiger charge is -1.97. The predicted octanol–water partition coefficient (Wildman–Crippen LogP) is 2.69. The van der Waals surface area contributed by atoms with E-state index in [1.54, 1.807) is 5.38 Å². The predicted molar refractivity (Wildman–Crippen MR) is 83.8 cm³/mol. The molecule has 0 aliphatic carbocycles. The monoisotopic (exact) mass is 354 g/mol. The number of carbonyl (C=O) groups excluding carboxylic acids is 2. The number of epoxide rings is 1. The van der Waals surface area contributed by atoms with Gasteiger partial charge < -0.3 is 14.2 Å². The van der Waals surface area contributed by atoms with E-state index in [0.29, 0.717) is 14.9 Å². The SMILES string of the molecule is COC(=O)c1csc(-c2nc(C(=O)OC)c(C3OC3(C)C)s2)n1. The van der Waals surface area contributed by atoms with Crippen LogP contribution < -0.4 is 0 Å². The Morgan fingerprint density at radius 3 is 2.39 bits per heavy atom. The Morgan fingerprint density at radius 1 is 1.17 bits per heavy atom. The van der Waals surface area contributed by atoms with Gasteiger partial charge in [0.25, 0.3) is 0 Å². The number of aromatic nitrogens is 2. The van der Waals surface area contributed by atoms with E-state index in [1.165, 1.54) is 36.9 Å². The first-order valence-corrected chi connectivity index (χ1v) is 8.38. The highest BCUT2D eigenvalue weighted by Gasteiger charge is 2.52. The van der Waals surface area contributed by atoms with Crippen LogP contribution in [-0.2, 0) is 14.2 Å². The highest BCUT2D eigenvalue weighted by molar-refractivity contribution is 7.21. The van der Waals surface area contributed by atoms with E-state index in [9.17, 15) is 9.59 Å². The molecular formula is C14H14N2O5S2. The summed E-state index contributed by atoms with van der Waals surface area (Å²) >= 11 is 2.58. The number of methoxy groups -OCH3 is 2. The zero-order valence-electron chi connectivity index (χ0n) is 12.9. The number of nitrogens with zero attached hydrogens (tertiary/aromatic N) is 2. The molecule has 1 saturated heterocycles. The molecule has 0 aromatic carbocycles. The van der Waals surface area contributed by atoms with Crippen molar-refractivity contribution < 1.29 is 23.8 Å². The van der Waals surface area contributed by atoms with Gasteiger partial charge in [-0.25, -0.2) is 19.6 Å². The molecule has 2 aromatic rings. The first-order chi connectivity index (χ1) is 10.9. The van der Waals surface area contributed by atoms with Gasteiger partial charge in [-0.15, -0.1) is 22.7 Å². The largest absolute Gasteiger partial charge is 0.464 e. The molecule has 0 N–H and O–H groups in total. The molecule has 1 aliphatic rings. The molecule has 122 valence electrons. The van der Waals surface area contributed by atoms with E-state index in [0.717, 1.165) is 0 Å². The molecular weight excluding hydrogens is 340 g/mol. The third-order valence-corrected chi connectivity index (χ3v) is 5.43. The van der Waals surface area contributed by atoms with E-state index in [-0.39, 0.29) is 23.1 Å². The Morgan fingerprint density at radius 2 is 1.83 bits per heavy atom. The lowest BCUT2D eigenvalue weighted by Crippen LogP contribution is -2.06. The maximum absolute atomic E-state index is 12.0. The van der Waals surface area contributed by atoms with E-state index in [2.05, 4.69) is 14.7 Å². The van der Waals surface area contributed by atoms with E-state index in [4.69, 9.17) is 9.47 Å². The van der Waals surface area contributed by atoms with Crippen LogP contribution in [0.2, 0.25) is 0 Å². The average molecular weight is 354 g/mol. The summed E-state index contributed by atoms with van der Waals surface area (Å²) in [6, 6.07) is 0. The molecule has 1 aliphatic heterocycles. The number of carbonyl (C=O) groups is 2. The molecule has 7 nitrogen and oxygen atoms in total. The first kappa shape index (κ1) is 16.0. The Labute approximate surface area is 140 Å². The van der Waals surface area contributed by atoms with Crippen molar-refractivity contribution in [3.05, 3.63) is 21.6 Å². The minimum Gasteiger partial charge on any atom is -0.464 e. The first-order valence-electron chi connectivity index (χ1n) is 6.68. The fraction of sp³-hybridized carbons (Fsp3) is 0.429. The minimum absolute atomic E-state index is 0.192. The topological polar surface area (TPSA) is 90.9 Å². The molecule has 3 rings (SSSR count). The Kier molecular flexibility index (Phi) is 3.95. The van der Waals surface area contributed by atoms with Crippen molar-refractivity contribution in [2.75, 3.05) is 14.2 Å². The molecule has 3 heterocycles. The van der Waals surface area contributed by atoms with Gasteiger partial charge in [0.05, 0.1) is 24.7 Å². The third-order valence-electron chi connectivity index (χ3n) is 3.35. The fourth-order valence-electron chi connectivity index (χ4n) is 2.05. The smallest absolute Gasteiger partial charge is 0.357 e. The van der Waals surface area contributed by atoms with Crippen molar-refractivity contribution in [1.82, 2.24) is 9.97 Å². The Bertz CT molecular complexity index is 780. The van der Waals surface area contributed by atoms with Gasteiger partial charge in [0, 0.05) is 5.38 Å². The van der Waals surface area contributed by atoms with Gasteiger partial charge in [0.15, 0.2) is 21.4 Å². The number of rotatable bonds is 4. The van der Waals surface area contributed by atoms with Crippen LogP contribution in [0.25, 0.3) is 10.0 Å². The van der Waals surface area contributed by atoms with Crippen LogP contribution in [-0.4, -0.2) is 41.7 Å². The minimum atomic E-state index is -0.515. The van der Waals surface area contributed by atoms with E-state index >= 15 is 0 Å². The highest BCUT2D eigenvalue weighted by Crippen LogP contribution is 2.52. The normalized spacial score (nSPS) is 18.5. The molecule has 0 bridgehead atoms. The van der Waals surface area contributed by atoms with Crippen LogP contribution in [0.5, 0.6) is 0 Å². The summed E-state index contributed by atoms with van der Waals surface area (Å²) in [6.45, 7) is 3.88. The number of ether oxygens (including phenoxy) is 3. The molecule has 23 heavy (non-hydrogen) atoms. The van der Waals surface area contributed by atoms with Gasteiger partial charge in [-0.05, 0) is 13.8 Å². The van der Waals surface area contributed by atoms with Gasteiger partial charge in [-0.3, -0.25) is 0 Å². The van der Waals surface area contributed by atoms with Crippen molar-refractivity contribution in [2.45, 2.75) is 25.6 Å². The van der Waals surface area contributed by atoms with Gasteiger partial charge in [-0.2, -0.15) is 0 Å². The second-order valence-electron chi connectivity index (χ2n) is 5.35. The van der Waals surface area contributed by atoms with Gasteiger partial charge >= 0.3 is 11.9 Å². The lowest BCUT2D eigenvalue weighted by molar-refractivity contribution is 0.0585. The van der Waals surface area contributed by atoms with Crippen LogP contribution in [0.1, 0.15) is 45.8 Å². The number of thiazole rings is 2. The van der Waals surface area contributed by atoms with Crippen LogP contribution in [0.15, 0.2) is 5.38 Å². The molecule has 0 amide bonds. The quantitative estimate of drug-likeness (QED) is 0.616. The molecule has 1 atom stereocenters. The zero-order valence-corrected chi connectivity index (χ0v) is 14.5. The number of hydrogen-bond acceptors (Lipinski definition) is 9. The lowest BCUT2D eigenvalue weighted by atomic mass is 10.1. The van der Waals surface area contributed by atoms with Crippen LogP contribution in [0, 0.1) is 0 Å². The Hall–Kier alpha value is -1.84. The standard InChI is InChI=1S/C14H14N2O5S2/c1-14(2)9(21-14)8-7(13(18)20-4)16-11(23-8)10-15-6(5-22-10)12(17)19-3/h5,9H,1-4H3. The fourth-order valence-corrected chi connectivity index (χ4v) is 4.14. The number of hydrogen-bond donors (Lipinski definition) is 0. The Balaban J connectivity index is 1.99. The van der Waals surface area contributed by atoms with Gasteiger partial charge in [0.1, 0.15) is 6.10 Å². The van der Waals surface area contributed by atoms with Crippen molar-refractivity contribution in [2.24, 2.45) is 0 Å². The number of esters is 2. The molecule has 1 unspecified atom stereocenters. The molecule has 0 radical (unpaired) electrons. The molecule has 9 heteroatoms. The summed E-state index contributed by atoms with van der Waals surface area (Å²) in [5, 5.41) is 2.69. The van der Waals surface area contributed by atoms with Crippen molar-refractivity contribution >= 4 is 34.6 Å². The summed E-state index contributed by atoms with van der Waals surface area (Å²) in [5.41, 5.74) is 0.122. The highest BCUT2D eigenvalue weighted by atomic mass is 32.1. The van der Waals surface area contributed by atoms with E-state index < -0.39 is 11.9 Å². The summed E-state index contributed by atoms with van der Waals surface area (Å²) in [7, 11) is 2.60.